The molecule has 0 spiro atoms. The summed E-state index contributed by atoms with van der Waals surface area (Å²) >= 11 is 7.77. The van der Waals surface area contributed by atoms with Crippen LogP contribution in [0, 0.1) is 20.8 Å². The van der Waals surface area contributed by atoms with Crippen LogP contribution < -0.4 is 10.6 Å². The molecule has 0 unspecified atom stereocenters. The number of carbonyl (C=O) groups is 1. The fourth-order valence-electron chi connectivity index (χ4n) is 2.95. The quantitative estimate of drug-likeness (QED) is 0.566. The predicted molar refractivity (Wildman–Crippen MR) is 110 cm³/mol. The van der Waals surface area contributed by atoms with Crippen LogP contribution in [0.15, 0.2) is 42.7 Å². The Hall–Kier alpha value is -2.24. The number of aromatic nitrogens is 1. The van der Waals surface area contributed by atoms with Crippen LogP contribution in [0.4, 0.5) is 10.5 Å². The van der Waals surface area contributed by atoms with Gasteiger partial charge in [-0.3, -0.25) is 0 Å². The van der Waals surface area contributed by atoms with Crippen LogP contribution in [0.25, 0.3) is 5.00 Å². The van der Waals surface area contributed by atoms with E-state index >= 15 is 0 Å². The normalized spacial score (nSPS) is 12.0. The van der Waals surface area contributed by atoms with Gasteiger partial charge in [0.2, 0.25) is 0 Å². The third-order valence-electron chi connectivity index (χ3n) is 4.48. The smallest absolute Gasteiger partial charge is 0.319 e. The van der Waals surface area contributed by atoms with Crippen molar-refractivity contribution >= 4 is 34.7 Å². The number of aryl methyl sites for hydroxylation is 2. The van der Waals surface area contributed by atoms with Gasteiger partial charge in [0.05, 0.1) is 6.04 Å². The number of carbonyl (C=O) groups excluding carboxylic acids is 1. The Balaban J connectivity index is 1.81. The van der Waals surface area contributed by atoms with Crippen LogP contribution in [0.3, 0.4) is 0 Å². The maximum Gasteiger partial charge on any atom is 0.319 e. The largest absolute Gasteiger partial charge is 0.331 e. The first-order chi connectivity index (χ1) is 12.4. The highest BCUT2D eigenvalue weighted by molar-refractivity contribution is 7.14. The molecule has 3 rings (SSSR count). The van der Waals surface area contributed by atoms with Gasteiger partial charge in [0.1, 0.15) is 5.00 Å². The van der Waals surface area contributed by atoms with E-state index in [9.17, 15) is 4.79 Å². The van der Waals surface area contributed by atoms with Crippen molar-refractivity contribution in [3.05, 3.63) is 69.3 Å². The number of rotatable bonds is 4. The van der Waals surface area contributed by atoms with Crippen molar-refractivity contribution < 1.29 is 4.79 Å². The van der Waals surface area contributed by atoms with E-state index in [2.05, 4.69) is 29.0 Å². The van der Waals surface area contributed by atoms with E-state index in [-0.39, 0.29) is 12.1 Å². The molecular weight excluding hydrogens is 366 g/mol. The second-order valence-electron chi connectivity index (χ2n) is 6.37. The predicted octanol–water partition coefficient (Wildman–Crippen LogP) is 6.00. The third-order valence-corrected chi connectivity index (χ3v) is 5.95. The molecule has 1 aromatic carbocycles. The highest BCUT2D eigenvalue weighted by atomic mass is 35.5. The minimum absolute atomic E-state index is 0.128. The molecule has 26 heavy (non-hydrogen) atoms. The summed E-state index contributed by atoms with van der Waals surface area (Å²) in [6, 6.07) is 9.08. The van der Waals surface area contributed by atoms with Gasteiger partial charge < -0.3 is 15.2 Å². The van der Waals surface area contributed by atoms with E-state index in [4.69, 9.17) is 11.6 Å². The molecule has 0 bridgehead atoms. The second kappa shape index (κ2) is 7.56. The zero-order valence-electron chi connectivity index (χ0n) is 15.3. The number of urea groups is 1. The first kappa shape index (κ1) is 18.5. The van der Waals surface area contributed by atoms with E-state index in [1.807, 2.05) is 50.5 Å². The topological polar surface area (TPSA) is 46.1 Å². The van der Waals surface area contributed by atoms with E-state index < -0.39 is 0 Å². The Morgan fingerprint density at radius 2 is 1.88 bits per heavy atom. The van der Waals surface area contributed by atoms with E-state index in [0.717, 1.165) is 16.1 Å². The number of thiophene rings is 1. The van der Waals surface area contributed by atoms with Crippen molar-refractivity contribution in [2.45, 2.75) is 33.7 Å². The maximum atomic E-state index is 12.5. The fraction of sp³-hybridized carbons (Fsp3) is 0.250. The molecular formula is C20H22ClN3OS. The number of nitrogens with zero attached hydrogens (tertiary/aromatic N) is 1. The van der Waals surface area contributed by atoms with Crippen molar-refractivity contribution in [2.24, 2.45) is 0 Å². The minimum Gasteiger partial charge on any atom is -0.331 e. The van der Waals surface area contributed by atoms with E-state index in [0.29, 0.717) is 10.7 Å². The molecule has 2 N–H and O–H groups in total. The van der Waals surface area contributed by atoms with Gasteiger partial charge in [0, 0.05) is 33.5 Å². The number of halogens is 1. The molecule has 6 heteroatoms. The lowest BCUT2D eigenvalue weighted by Gasteiger charge is -2.18. The summed E-state index contributed by atoms with van der Waals surface area (Å²) in [5.41, 5.74) is 4.03. The van der Waals surface area contributed by atoms with Gasteiger partial charge in [-0.2, -0.15) is 0 Å². The number of hydrogen-bond donors (Lipinski definition) is 2. The van der Waals surface area contributed by atoms with Crippen LogP contribution >= 0.6 is 22.9 Å². The summed E-state index contributed by atoms with van der Waals surface area (Å²) in [4.78, 5) is 13.8. The molecule has 0 aliphatic heterocycles. The fourth-order valence-corrected chi connectivity index (χ4v) is 4.35. The zero-order valence-corrected chi connectivity index (χ0v) is 16.8. The molecule has 3 aromatic rings. The second-order valence-corrected chi connectivity index (χ2v) is 8.01. The van der Waals surface area contributed by atoms with Crippen LogP contribution in [-0.4, -0.2) is 10.6 Å². The number of benzene rings is 1. The summed E-state index contributed by atoms with van der Waals surface area (Å²) in [5.74, 6) is 0. The number of anilines is 1. The first-order valence-corrected chi connectivity index (χ1v) is 9.63. The van der Waals surface area contributed by atoms with Gasteiger partial charge in [-0.1, -0.05) is 17.7 Å². The van der Waals surface area contributed by atoms with Gasteiger partial charge >= 0.3 is 6.03 Å². The van der Waals surface area contributed by atoms with Crippen molar-refractivity contribution in [3.8, 4) is 5.00 Å². The Morgan fingerprint density at radius 3 is 2.58 bits per heavy atom. The van der Waals surface area contributed by atoms with Gasteiger partial charge in [0.25, 0.3) is 0 Å². The molecule has 0 fully saturated rings. The molecule has 0 saturated heterocycles. The highest BCUT2D eigenvalue weighted by Gasteiger charge is 2.21. The zero-order chi connectivity index (χ0) is 18.8. The van der Waals surface area contributed by atoms with Crippen LogP contribution in [0.1, 0.15) is 34.5 Å². The minimum atomic E-state index is -0.246. The number of hydrogen-bond acceptors (Lipinski definition) is 2. The number of amides is 2. The van der Waals surface area contributed by atoms with Crippen molar-refractivity contribution in [3.63, 3.8) is 0 Å². The van der Waals surface area contributed by atoms with Crippen molar-refractivity contribution in [2.75, 3.05) is 5.32 Å². The lowest BCUT2D eigenvalue weighted by molar-refractivity contribution is 0.249. The van der Waals surface area contributed by atoms with E-state index in [1.165, 1.54) is 10.4 Å². The Labute approximate surface area is 162 Å². The van der Waals surface area contributed by atoms with Crippen LogP contribution in [0.5, 0.6) is 0 Å². The molecule has 2 aromatic heterocycles. The van der Waals surface area contributed by atoms with Crippen molar-refractivity contribution in [1.82, 2.24) is 9.88 Å². The van der Waals surface area contributed by atoms with Gasteiger partial charge in [0.15, 0.2) is 0 Å². The van der Waals surface area contributed by atoms with Gasteiger partial charge in [-0.25, -0.2) is 4.79 Å². The van der Waals surface area contributed by atoms with Gasteiger partial charge in [-0.05, 0) is 63.1 Å². The first-order valence-electron chi connectivity index (χ1n) is 8.43. The molecule has 0 aliphatic rings. The molecule has 1 atom stereocenters. The number of nitrogens with one attached hydrogen (secondary N) is 2. The Morgan fingerprint density at radius 1 is 1.19 bits per heavy atom. The monoisotopic (exact) mass is 387 g/mol. The van der Waals surface area contributed by atoms with Gasteiger partial charge in [-0.15, -0.1) is 11.3 Å². The third kappa shape index (κ3) is 3.79. The highest BCUT2D eigenvalue weighted by Crippen LogP contribution is 2.35. The maximum absolute atomic E-state index is 12.5. The molecule has 4 nitrogen and oxygen atoms in total. The molecule has 2 amide bonds. The summed E-state index contributed by atoms with van der Waals surface area (Å²) in [5, 5.41) is 7.67. The molecule has 0 saturated carbocycles. The van der Waals surface area contributed by atoms with Crippen LogP contribution in [-0.2, 0) is 0 Å². The van der Waals surface area contributed by atoms with E-state index in [1.54, 1.807) is 17.4 Å². The molecule has 136 valence electrons. The van der Waals surface area contributed by atoms with Crippen molar-refractivity contribution in [1.29, 1.82) is 0 Å². The lowest BCUT2D eigenvalue weighted by atomic mass is 10.1. The Bertz CT molecular complexity index is 931. The summed E-state index contributed by atoms with van der Waals surface area (Å²) in [7, 11) is 0. The lowest BCUT2D eigenvalue weighted by Crippen LogP contribution is -2.32. The average molecular weight is 388 g/mol. The van der Waals surface area contributed by atoms with Crippen LogP contribution in [0.2, 0.25) is 5.02 Å². The summed E-state index contributed by atoms with van der Waals surface area (Å²) in [6.07, 6.45) is 4.05. The Kier molecular flexibility index (Phi) is 5.39. The molecule has 2 heterocycles. The summed E-state index contributed by atoms with van der Waals surface area (Å²) in [6.45, 7) is 8.15. The standard InChI is InChI=1S/C20H22ClN3OS/c1-12-7-8-16(21)11-17(12)23-20(25)22-14(3)18-13(2)15(4)26-19(18)24-9-5-6-10-24/h5-11,14H,1-4H3,(H2,22,23,25)/t14-/m0/s1. The summed E-state index contributed by atoms with van der Waals surface area (Å²) < 4.78 is 2.09. The SMILES string of the molecule is Cc1ccc(Cl)cc1NC(=O)N[C@@H](C)c1c(-n2cccc2)sc(C)c1C. The average Bonchev–Trinajstić information content (AvgIpc) is 3.20. The molecule has 0 radical (unpaired) electrons. The molecule has 0 aliphatic carbocycles.